The van der Waals surface area contributed by atoms with Gasteiger partial charge in [0.1, 0.15) is 18.1 Å². The second kappa shape index (κ2) is 16.7. The zero-order chi connectivity index (χ0) is 28.7. The highest BCUT2D eigenvalue weighted by atomic mass is 16.4. The number of amides is 3. The normalized spacial score (nSPS) is 13.9. The molecule has 0 aliphatic heterocycles. The van der Waals surface area contributed by atoms with Crippen LogP contribution >= 0.6 is 0 Å². The minimum absolute atomic E-state index is 0.0582. The molecule has 0 spiro atoms. The summed E-state index contributed by atoms with van der Waals surface area (Å²) in [6.07, 6.45) is -1.37. The molecule has 0 aromatic rings. The van der Waals surface area contributed by atoms with Crippen molar-refractivity contribution in [3.8, 4) is 0 Å². The van der Waals surface area contributed by atoms with E-state index >= 15 is 0 Å². The van der Waals surface area contributed by atoms with Crippen LogP contribution in [-0.4, -0.2) is 87.6 Å². The van der Waals surface area contributed by atoms with Crippen molar-refractivity contribution in [3.05, 3.63) is 0 Å². The molecule has 16 heteroatoms. The van der Waals surface area contributed by atoms with Gasteiger partial charge in [-0.2, -0.15) is 0 Å². The van der Waals surface area contributed by atoms with Crippen molar-refractivity contribution in [1.82, 2.24) is 16.0 Å². The Kier molecular flexibility index (Phi) is 14.9. The van der Waals surface area contributed by atoms with E-state index in [2.05, 4.69) is 20.9 Å². The van der Waals surface area contributed by atoms with Crippen molar-refractivity contribution < 1.29 is 44.1 Å². The first-order valence-electron chi connectivity index (χ1n) is 11.5. The van der Waals surface area contributed by atoms with Gasteiger partial charge < -0.3 is 48.5 Å². The number of aliphatic imine (C=N–C) groups is 1. The molecule has 4 unspecified atom stereocenters. The molecule has 0 radical (unpaired) electrons. The van der Waals surface area contributed by atoms with Crippen molar-refractivity contribution in [1.29, 1.82) is 0 Å². The summed E-state index contributed by atoms with van der Waals surface area (Å²) in [5.74, 6) is -7.08. The average molecular weight is 532 g/mol. The summed E-state index contributed by atoms with van der Waals surface area (Å²) in [6.45, 7) is 3.73. The van der Waals surface area contributed by atoms with Gasteiger partial charge in [-0.15, -0.1) is 0 Å². The topological polar surface area (TPSA) is 290 Å². The first-order valence-corrected chi connectivity index (χ1v) is 11.5. The van der Waals surface area contributed by atoms with E-state index in [0.29, 0.717) is 6.42 Å². The lowest BCUT2D eigenvalue weighted by molar-refractivity contribution is -0.147. The number of carbonyl (C=O) groups is 6. The summed E-state index contributed by atoms with van der Waals surface area (Å²) in [5, 5.41) is 33.9. The van der Waals surface area contributed by atoms with Crippen LogP contribution in [0.1, 0.15) is 52.4 Å². The van der Waals surface area contributed by atoms with Gasteiger partial charge in [-0.25, -0.2) is 4.79 Å². The quantitative estimate of drug-likeness (QED) is 0.0495. The largest absolute Gasteiger partial charge is 0.481 e. The van der Waals surface area contributed by atoms with Crippen molar-refractivity contribution in [2.45, 2.75) is 76.5 Å². The maximum absolute atomic E-state index is 13.0. The second-order valence-corrected chi connectivity index (χ2v) is 8.74. The van der Waals surface area contributed by atoms with Crippen LogP contribution in [0.15, 0.2) is 4.99 Å². The molecule has 37 heavy (non-hydrogen) atoms. The summed E-state index contributed by atoms with van der Waals surface area (Å²) in [4.78, 5) is 75.3. The maximum atomic E-state index is 13.0. The fraction of sp³-hybridized carbons (Fsp3) is 0.667. The van der Waals surface area contributed by atoms with Gasteiger partial charge in [-0.1, -0.05) is 13.8 Å². The molecule has 0 saturated carbocycles. The van der Waals surface area contributed by atoms with Gasteiger partial charge in [0.05, 0.1) is 12.5 Å². The Labute approximate surface area is 213 Å². The number of aliphatic carboxylic acids is 3. The number of carboxylic acid groups (broad SMARTS) is 3. The van der Waals surface area contributed by atoms with E-state index in [4.69, 9.17) is 27.4 Å². The number of carbonyl (C=O) groups excluding carboxylic acids is 3. The highest BCUT2D eigenvalue weighted by Gasteiger charge is 2.31. The molecule has 0 saturated heterocycles. The lowest BCUT2D eigenvalue weighted by Gasteiger charge is -2.25. The monoisotopic (exact) mass is 531 g/mol. The maximum Gasteiger partial charge on any atom is 0.326 e. The summed E-state index contributed by atoms with van der Waals surface area (Å²) in [6, 6.07) is -5.50. The molecule has 12 N–H and O–H groups in total. The third kappa shape index (κ3) is 14.9. The molecule has 210 valence electrons. The Balaban J connectivity index is 5.72. The van der Waals surface area contributed by atoms with E-state index in [1.165, 1.54) is 0 Å². The lowest BCUT2D eigenvalue weighted by Crippen LogP contribution is -2.57. The predicted molar refractivity (Wildman–Crippen MR) is 130 cm³/mol. The number of rotatable bonds is 18. The number of hydrogen-bond donors (Lipinski definition) is 9. The third-order valence-electron chi connectivity index (χ3n) is 4.91. The summed E-state index contributed by atoms with van der Waals surface area (Å²) in [5.41, 5.74) is 16.3. The van der Waals surface area contributed by atoms with E-state index < -0.39 is 72.6 Å². The van der Waals surface area contributed by atoms with Crippen molar-refractivity contribution >= 4 is 41.6 Å². The van der Waals surface area contributed by atoms with Gasteiger partial charge in [0.15, 0.2) is 5.96 Å². The molecule has 0 bridgehead atoms. The van der Waals surface area contributed by atoms with E-state index in [1.54, 1.807) is 0 Å². The standard InChI is InChI=1S/C21H37N7O9/c1-10(2)8-11(22)17(33)26-13(5-6-15(29)30)19(35)27-12(4-3-7-25-21(23)24)18(34)28-14(20(36)37)9-16(31)32/h10-14H,3-9,22H2,1-2H3,(H,26,33)(H,27,35)(H,28,34)(H,29,30)(H,31,32)(H,36,37)(H4,23,24,25). The first kappa shape index (κ1) is 33.0. The molecule has 3 amide bonds. The number of guanidine groups is 1. The van der Waals surface area contributed by atoms with Crippen LogP contribution in [-0.2, 0) is 28.8 Å². The van der Waals surface area contributed by atoms with Crippen molar-refractivity contribution in [3.63, 3.8) is 0 Å². The molecule has 0 aliphatic rings. The van der Waals surface area contributed by atoms with Crippen molar-refractivity contribution in [2.24, 2.45) is 28.1 Å². The minimum atomic E-state index is -1.78. The van der Waals surface area contributed by atoms with Crippen LogP contribution in [0, 0.1) is 5.92 Å². The average Bonchev–Trinajstić information content (AvgIpc) is 2.76. The molecular formula is C21H37N7O9. The van der Waals surface area contributed by atoms with Gasteiger partial charge >= 0.3 is 17.9 Å². The van der Waals surface area contributed by atoms with Gasteiger partial charge in [-0.3, -0.25) is 29.0 Å². The SMILES string of the molecule is CC(C)CC(N)C(=O)NC(CCC(=O)O)C(=O)NC(CCCN=C(N)N)C(=O)NC(CC(=O)O)C(=O)O. The Morgan fingerprint density at radius 1 is 0.784 bits per heavy atom. The van der Waals surface area contributed by atoms with Crippen LogP contribution < -0.4 is 33.2 Å². The number of carboxylic acids is 3. The van der Waals surface area contributed by atoms with Crippen LogP contribution in [0.4, 0.5) is 0 Å². The number of hydrogen-bond acceptors (Lipinski definition) is 8. The number of nitrogens with one attached hydrogen (secondary N) is 3. The zero-order valence-corrected chi connectivity index (χ0v) is 20.8. The summed E-state index contributed by atoms with van der Waals surface area (Å²) < 4.78 is 0. The fourth-order valence-electron chi connectivity index (χ4n) is 3.12. The smallest absolute Gasteiger partial charge is 0.326 e. The van der Waals surface area contributed by atoms with Gasteiger partial charge in [0.25, 0.3) is 0 Å². The van der Waals surface area contributed by atoms with E-state index in [-0.39, 0.29) is 37.7 Å². The fourth-order valence-corrected chi connectivity index (χ4v) is 3.12. The molecule has 4 atom stereocenters. The van der Waals surface area contributed by atoms with Crippen LogP contribution in [0.2, 0.25) is 0 Å². The van der Waals surface area contributed by atoms with Gasteiger partial charge in [0, 0.05) is 13.0 Å². The zero-order valence-electron chi connectivity index (χ0n) is 20.8. The van der Waals surface area contributed by atoms with Gasteiger partial charge in [0.2, 0.25) is 17.7 Å². The van der Waals surface area contributed by atoms with Crippen LogP contribution in [0.3, 0.4) is 0 Å². The second-order valence-electron chi connectivity index (χ2n) is 8.74. The van der Waals surface area contributed by atoms with Crippen LogP contribution in [0.5, 0.6) is 0 Å². The predicted octanol–water partition coefficient (Wildman–Crippen LogP) is -2.71. The Morgan fingerprint density at radius 2 is 1.30 bits per heavy atom. The van der Waals surface area contributed by atoms with E-state index in [9.17, 15) is 33.9 Å². The van der Waals surface area contributed by atoms with Crippen LogP contribution in [0.25, 0.3) is 0 Å². The molecule has 0 rings (SSSR count). The van der Waals surface area contributed by atoms with Crippen molar-refractivity contribution in [2.75, 3.05) is 6.54 Å². The molecule has 0 aliphatic carbocycles. The number of nitrogens with zero attached hydrogens (tertiary/aromatic N) is 1. The molecule has 0 heterocycles. The summed E-state index contributed by atoms with van der Waals surface area (Å²) >= 11 is 0. The third-order valence-corrected chi connectivity index (χ3v) is 4.91. The molecular weight excluding hydrogens is 494 g/mol. The van der Waals surface area contributed by atoms with E-state index in [0.717, 1.165) is 0 Å². The minimum Gasteiger partial charge on any atom is -0.481 e. The highest BCUT2D eigenvalue weighted by Crippen LogP contribution is 2.07. The molecule has 0 aromatic carbocycles. The lowest BCUT2D eigenvalue weighted by atomic mass is 10.0. The summed E-state index contributed by atoms with van der Waals surface area (Å²) in [7, 11) is 0. The highest BCUT2D eigenvalue weighted by molar-refractivity contribution is 5.94. The number of nitrogens with two attached hydrogens (primary N) is 3. The Morgan fingerprint density at radius 3 is 1.76 bits per heavy atom. The molecule has 16 nitrogen and oxygen atoms in total. The first-order chi connectivity index (χ1) is 17.1. The molecule has 0 aromatic heterocycles. The molecule has 0 fully saturated rings. The Hall–Kier alpha value is -3.95. The van der Waals surface area contributed by atoms with Gasteiger partial charge in [-0.05, 0) is 31.6 Å². The Bertz CT molecular complexity index is 859. The van der Waals surface area contributed by atoms with E-state index in [1.807, 2.05) is 13.8 Å².